The van der Waals surface area contributed by atoms with Crippen LogP contribution in [-0.4, -0.2) is 65.4 Å². The Morgan fingerprint density at radius 2 is 1.84 bits per heavy atom. The van der Waals surface area contributed by atoms with Crippen LogP contribution < -0.4 is 15.0 Å². The SMILES string of the molecule is CN(C)C(=O)c1cccc(Nc2ncnc(N3CCC(OCc4ccc(OC(F)(F)F)cc4)CC3)n2)c1. The van der Waals surface area contributed by atoms with Gasteiger partial charge in [-0.05, 0) is 48.7 Å². The third kappa shape index (κ3) is 7.53. The van der Waals surface area contributed by atoms with Gasteiger partial charge in [-0.1, -0.05) is 18.2 Å². The number of benzene rings is 2. The first-order chi connectivity index (χ1) is 17.7. The molecule has 1 aliphatic heterocycles. The summed E-state index contributed by atoms with van der Waals surface area (Å²) >= 11 is 0. The summed E-state index contributed by atoms with van der Waals surface area (Å²) in [7, 11) is 3.40. The summed E-state index contributed by atoms with van der Waals surface area (Å²) in [6, 6.07) is 12.8. The number of nitrogens with zero attached hydrogens (tertiary/aromatic N) is 5. The zero-order valence-corrected chi connectivity index (χ0v) is 20.4. The van der Waals surface area contributed by atoms with Crippen molar-refractivity contribution < 1.29 is 27.4 Å². The van der Waals surface area contributed by atoms with E-state index in [0.29, 0.717) is 42.8 Å². The van der Waals surface area contributed by atoms with Crippen LogP contribution in [0, 0.1) is 0 Å². The number of halogens is 3. The molecule has 0 atom stereocenters. The molecule has 0 bridgehead atoms. The molecular weight excluding hydrogens is 489 g/mol. The lowest BCUT2D eigenvalue weighted by Gasteiger charge is -2.32. The molecule has 0 spiro atoms. The summed E-state index contributed by atoms with van der Waals surface area (Å²) < 4.78 is 46.7. The minimum absolute atomic E-state index is 0.0127. The highest BCUT2D eigenvalue weighted by Crippen LogP contribution is 2.24. The lowest BCUT2D eigenvalue weighted by Crippen LogP contribution is -2.38. The van der Waals surface area contributed by atoms with E-state index < -0.39 is 6.36 Å². The molecule has 2 aromatic carbocycles. The molecule has 12 heteroatoms. The smallest absolute Gasteiger partial charge is 0.406 e. The monoisotopic (exact) mass is 516 g/mol. The Bertz CT molecular complexity index is 1200. The molecular formula is C25H27F3N6O3. The molecule has 1 N–H and O–H groups in total. The summed E-state index contributed by atoms with van der Waals surface area (Å²) in [6.07, 6.45) is -1.76. The standard InChI is InChI=1S/C25H27F3N6O3/c1-33(2)22(35)18-4-3-5-19(14-18)31-23-29-16-30-24(32-23)34-12-10-20(11-13-34)36-15-17-6-8-21(9-7-17)37-25(26,27)28/h3-9,14,16,20H,10-13,15H2,1-2H3,(H,29,30,31,32). The number of nitrogens with one attached hydrogen (secondary N) is 1. The maximum Gasteiger partial charge on any atom is 0.573 e. The number of rotatable bonds is 8. The first-order valence-electron chi connectivity index (χ1n) is 11.7. The van der Waals surface area contributed by atoms with Gasteiger partial charge in [-0.2, -0.15) is 4.98 Å². The molecule has 2 heterocycles. The minimum atomic E-state index is -4.71. The maximum atomic E-state index is 12.3. The number of aromatic nitrogens is 3. The quantitative estimate of drug-likeness (QED) is 0.471. The van der Waals surface area contributed by atoms with Crippen LogP contribution in [-0.2, 0) is 11.3 Å². The van der Waals surface area contributed by atoms with Crippen molar-refractivity contribution in [2.45, 2.75) is 31.9 Å². The molecule has 0 saturated carbocycles. The molecule has 1 aromatic heterocycles. The number of carbonyl (C=O) groups is 1. The fourth-order valence-corrected chi connectivity index (χ4v) is 3.84. The van der Waals surface area contributed by atoms with E-state index in [0.717, 1.165) is 18.4 Å². The Balaban J connectivity index is 1.28. The van der Waals surface area contributed by atoms with Crippen LogP contribution in [0.3, 0.4) is 0 Å². The van der Waals surface area contributed by atoms with Crippen molar-refractivity contribution in [3.63, 3.8) is 0 Å². The number of anilines is 3. The van der Waals surface area contributed by atoms with E-state index in [1.54, 1.807) is 44.4 Å². The van der Waals surface area contributed by atoms with Gasteiger partial charge in [0, 0.05) is 38.4 Å². The summed E-state index contributed by atoms with van der Waals surface area (Å²) in [5, 5.41) is 3.13. The summed E-state index contributed by atoms with van der Waals surface area (Å²) in [4.78, 5) is 28.8. The number of hydrogen-bond donors (Lipinski definition) is 1. The number of hydrogen-bond acceptors (Lipinski definition) is 8. The van der Waals surface area contributed by atoms with Gasteiger partial charge in [-0.15, -0.1) is 13.2 Å². The van der Waals surface area contributed by atoms with E-state index in [2.05, 4.69) is 25.0 Å². The highest BCUT2D eigenvalue weighted by Gasteiger charge is 2.31. The van der Waals surface area contributed by atoms with Crippen molar-refractivity contribution >= 4 is 23.5 Å². The lowest BCUT2D eigenvalue weighted by atomic mass is 10.1. The van der Waals surface area contributed by atoms with Gasteiger partial charge in [0.1, 0.15) is 12.1 Å². The molecule has 37 heavy (non-hydrogen) atoms. The van der Waals surface area contributed by atoms with Gasteiger partial charge in [0.15, 0.2) is 0 Å². The van der Waals surface area contributed by atoms with Gasteiger partial charge in [-0.25, -0.2) is 9.97 Å². The van der Waals surface area contributed by atoms with Gasteiger partial charge in [0.2, 0.25) is 11.9 Å². The molecule has 1 amide bonds. The normalized spacial score (nSPS) is 14.4. The Labute approximate surface area is 212 Å². The van der Waals surface area contributed by atoms with Crippen LogP contribution >= 0.6 is 0 Å². The second-order valence-electron chi connectivity index (χ2n) is 8.70. The fraction of sp³-hybridized carbons (Fsp3) is 0.360. The van der Waals surface area contributed by atoms with E-state index in [4.69, 9.17) is 4.74 Å². The van der Waals surface area contributed by atoms with Crippen molar-refractivity contribution in [1.82, 2.24) is 19.9 Å². The summed E-state index contributed by atoms with van der Waals surface area (Å²) in [6.45, 7) is 1.66. The number of ether oxygens (including phenoxy) is 2. The first kappa shape index (κ1) is 26.1. The predicted molar refractivity (Wildman–Crippen MR) is 131 cm³/mol. The third-order valence-electron chi connectivity index (χ3n) is 5.70. The topological polar surface area (TPSA) is 92.7 Å². The van der Waals surface area contributed by atoms with Crippen LogP contribution in [0.1, 0.15) is 28.8 Å². The van der Waals surface area contributed by atoms with E-state index in [-0.39, 0.29) is 17.8 Å². The second-order valence-corrected chi connectivity index (χ2v) is 8.70. The number of piperidine rings is 1. The van der Waals surface area contributed by atoms with Crippen LogP contribution in [0.25, 0.3) is 0 Å². The van der Waals surface area contributed by atoms with Crippen molar-refractivity contribution in [2.75, 3.05) is 37.4 Å². The molecule has 9 nitrogen and oxygen atoms in total. The molecule has 1 fully saturated rings. The van der Waals surface area contributed by atoms with E-state index in [9.17, 15) is 18.0 Å². The van der Waals surface area contributed by atoms with Crippen molar-refractivity contribution in [3.8, 4) is 5.75 Å². The van der Waals surface area contributed by atoms with Crippen molar-refractivity contribution in [2.24, 2.45) is 0 Å². The number of amides is 1. The van der Waals surface area contributed by atoms with Crippen molar-refractivity contribution in [3.05, 3.63) is 66.0 Å². The molecule has 0 aliphatic carbocycles. The van der Waals surface area contributed by atoms with E-state index in [1.807, 2.05) is 11.0 Å². The van der Waals surface area contributed by atoms with Crippen LogP contribution in [0.15, 0.2) is 54.9 Å². The first-order valence-corrected chi connectivity index (χ1v) is 11.7. The van der Waals surface area contributed by atoms with Crippen LogP contribution in [0.4, 0.5) is 30.8 Å². The fourth-order valence-electron chi connectivity index (χ4n) is 3.84. The maximum absolute atomic E-state index is 12.3. The summed E-state index contributed by atoms with van der Waals surface area (Å²) in [5.41, 5.74) is 2.01. The van der Waals surface area contributed by atoms with Crippen LogP contribution in [0.2, 0.25) is 0 Å². The molecule has 4 rings (SSSR count). The Hall–Kier alpha value is -3.93. The largest absolute Gasteiger partial charge is 0.573 e. The Morgan fingerprint density at radius 1 is 1.11 bits per heavy atom. The van der Waals surface area contributed by atoms with Gasteiger partial charge >= 0.3 is 6.36 Å². The van der Waals surface area contributed by atoms with Crippen LogP contribution in [0.5, 0.6) is 5.75 Å². The summed E-state index contributed by atoms with van der Waals surface area (Å²) in [5.74, 6) is 0.551. The zero-order valence-electron chi connectivity index (χ0n) is 20.4. The van der Waals surface area contributed by atoms with Gasteiger partial charge in [0.25, 0.3) is 5.91 Å². The molecule has 0 radical (unpaired) electrons. The Morgan fingerprint density at radius 3 is 2.51 bits per heavy atom. The van der Waals surface area contributed by atoms with Gasteiger partial charge in [0.05, 0.1) is 12.7 Å². The minimum Gasteiger partial charge on any atom is -0.406 e. The Kier molecular flexibility index (Phi) is 8.07. The average Bonchev–Trinajstić information content (AvgIpc) is 2.87. The zero-order chi connectivity index (χ0) is 26.4. The van der Waals surface area contributed by atoms with Gasteiger partial charge < -0.3 is 24.6 Å². The molecule has 1 saturated heterocycles. The molecule has 196 valence electrons. The molecule has 0 unspecified atom stereocenters. The highest BCUT2D eigenvalue weighted by atomic mass is 19.4. The highest BCUT2D eigenvalue weighted by molar-refractivity contribution is 5.94. The van der Waals surface area contributed by atoms with Crippen molar-refractivity contribution in [1.29, 1.82) is 0 Å². The van der Waals surface area contributed by atoms with E-state index in [1.165, 1.54) is 23.4 Å². The van der Waals surface area contributed by atoms with Gasteiger partial charge in [-0.3, -0.25) is 4.79 Å². The average molecular weight is 517 g/mol. The molecule has 1 aliphatic rings. The molecule has 3 aromatic rings. The van der Waals surface area contributed by atoms with E-state index >= 15 is 0 Å². The number of alkyl halides is 3. The predicted octanol–water partition coefficient (Wildman–Crippen LogP) is 4.40. The third-order valence-corrected chi connectivity index (χ3v) is 5.70. The second kappa shape index (κ2) is 11.4. The number of carbonyl (C=O) groups excluding carboxylic acids is 1. The lowest BCUT2D eigenvalue weighted by molar-refractivity contribution is -0.274.